The van der Waals surface area contributed by atoms with E-state index in [0.29, 0.717) is 12.0 Å². The molecular weight excluding hydrogens is 345 g/mol. The van der Waals surface area contributed by atoms with Crippen LogP contribution in [0, 0.1) is 0 Å². The van der Waals surface area contributed by atoms with Crippen LogP contribution in [0.1, 0.15) is 27.9 Å². The molecule has 5 heteroatoms. The van der Waals surface area contributed by atoms with E-state index in [1.807, 2.05) is 24.3 Å². The summed E-state index contributed by atoms with van der Waals surface area (Å²) in [4.78, 5) is 12.0. The van der Waals surface area contributed by atoms with E-state index in [2.05, 4.69) is 15.9 Å². The summed E-state index contributed by atoms with van der Waals surface area (Å²) in [5.41, 5.74) is 0.575. The standard InChI is InChI=1S/C16H12BrF3O/c17-14-8-1-11(2-9-14)3-10-15(21)12-4-6-13(7-5-12)16(18,19)20/h1-2,4-9H,3,10H2. The van der Waals surface area contributed by atoms with Crippen LogP contribution in [0.25, 0.3) is 0 Å². The van der Waals surface area contributed by atoms with Crippen molar-refractivity contribution in [3.05, 3.63) is 69.7 Å². The number of benzene rings is 2. The van der Waals surface area contributed by atoms with Crippen molar-refractivity contribution in [2.24, 2.45) is 0 Å². The molecule has 0 aromatic heterocycles. The first kappa shape index (κ1) is 15.8. The summed E-state index contributed by atoms with van der Waals surface area (Å²) < 4.78 is 38.3. The maximum Gasteiger partial charge on any atom is 0.416 e. The first-order chi connectivity index (χ1) is 9.86. The molecule has 0 saturated carbocycles. The SMILES string of the molecule is O=C(CCc1ccc(Br)cc1)c1ccc(C(F)(F)F)cc1. The van der Waals surface area contributed by atoms with Gasteiger partial charge in [0.25, 0.3) is 0 Å². The molecule has 0 radical (unpaired) electrons. The normalized spacial score (nSPS) is 11.4. The molecule has 0 unspecified atom stereocenters. The molecule has 0 atom stereocenters. The minimum Gasteiger partial charge on any atom is -0.294 e. The zero-order valence-electron chi connectivity index (χ0n) is 11.0. The molecule has 0 N–H and O–H groups in total. The average molecular weight is 357 g/mol. The van der Waals surface area contributed by atoms with E-state index in [9.17, 15) is 18.0 Å². The van der Waals surface area contributed by atoms with Crippen molar-refractivity contribution in [2.75, 3.05) is 0 Å². The molecule has 0 aliphatic rings. The number of ketones is 1. The van der Waals surface area contributed by atoms with Crippen LogP contribution in [0.5, 0.6) is 0 Å². The van der Waals surface area contributed by atoms with Gasteiger partial charge in [-0.25, -0.2) is 0 Å². The molecule has 0 amide bonds. The summed E-state index contributed by atoms with van der Waals surface area (Å²) in [6, 6.07) is 11.9. The topological polar surface area (TPSA) is 17.1 Å². The van der Waals surface area contributed by atoms with Crippen molar-refractivity contribution in [3.63, 3.8) is 0 Å². The van der Waals surface area contributed by atoms with Gasteiger partial charge in [0.15, 0.2) is 5.78 Å². The van der Waals surface area contributed by atoms with Crippen LogP contribution in [0.4, 0.5) is 13.2 Å². The summed E-state index contributed by atoms with van der Waals surface area (Å²) in [6.45, 7) is 0. The second-order valence-electron chi connectivity index (χ2n) is 4.62. The quantitative estimate of drug-likeness (QED) is 0.680. The highest BCUT2D eigenvalue weighted by molar-refractivity contribution is 9.10. The number of rotatable bonds is 4. The van der Waals surface area contributed by atoms with Gasteiger partial charge in [-0.2, -0.15) is 13.2 Å². The van der Waals surface area contributed by atoms with E-state index in [4.69, 9.17) is 0 Å². The van der Waals surface area contributed by atoms with Crippen molar-refractivity contribution in [2.45, 2.75) is 19.0 Å². The zero-order valence-corrected chi connectivity index (χ0v) is 12.5. The van der Waals surface area contributed by atoms with Crippen molar-refractivity contribution in [1.82, 2.24) is 0 Å². The lowest BCUT2D eigenvalue weighted by molar-refractivity contribution is -0.137. The lowest BCUT2D eigenvalue weighted by atomic mass is 10.0. The Morgan fingerprint density at radius 1 is 0.952 bits per heavy atom. The highest BCUT2D eigenvalue weighted by Crippen LogP contribution is 2.29. The molecule has 2 aromatic carbocycles. The second kappa shape index (κ2) is 6.43. The molecule has 0 aliphatic carbocycles. The van der Waals surface area contributed by atoms with Crippen LogP contribution in [0.3, 0.4) is 0 Å². The predicted octanol–water partition coefficient (Wildman–Crippen LogP) is 5.28. The van der Waals surface area contributed by atoms with Crippen LogP contribution in [-0.2, 0) is 12.6 Å². The summed E-state index contributed by atoms with van der Waals surface area (Å²) in [7, 11) is 0. The Hall–Kier alpha value is -1.62. The van der Waals surface area contributed by atoms with Crippen molar-refractivity contribution >= 4 is 21.7 Å². The highest BCUT2D eigenvalue weighted by atomic mass is 79.9. The maximum atomic E-state index is 12.4. The minimum absolute atomic E-state index is 0.161. The molecule has 0 heterocycles. The molecule has 0 bridgehead atoms. The molecule has 110 valence electrons. The van der Waals surface area contributed by atoms with Crippen LogP contribution < -0.4 is 0 Å². The number of hydrogen-bond acceptors (Lipinski definition) is 1. The van der Waals surface area contributed by atoms with E-state index in [-0.39, 0.29) is 12.2 Å². The van der Waals surface area contributed by atoms with Crippen LogP contribution in [0.15, 0.2) is 53.0 Å². The zero-order chi connectivity index (χ0) is 15.5. The smallest absolute Gasteiger partial charge is 0.294 e. The molecule has 2 aromatic rings. The summed E-state index contributed by atoms with van der Waals surface area (Å²) >= 11 is 3.33. The van der Waals surface area contributed by atoms with Gasteiger partial charge in [-0.3, -0.25) is 4.79 Å². The van der Waals surface area contributed by atoms with E-state index in [1.54, 1.807) is 0 Å². The van der Waals surface area contributed by atoms with Gasteiger partial charge in [0.05, 0.1) is 5.56 Å². The molecule has 0 aliphatic heterocycles. The van der Waals surface area contributed by atoms with E-state index < -0.39 is 11.7 Å². The number of hydrogen-bond donors (Lipinski definition) is 0. The van der Waals surface area contributed by atoms with E-state index in [1.165, 1.54) is 12.1 Å². The fraction of sp³-hybridized carbons (Fsp3) is 0.188. The number of Topliss-reactive ketones (excluding diaryl/α,β-unsaturated/α-hetero) is 1. The highest BCUT2D eigenvalue weighted by Gasteiger charge is 2.30. The number of carbonyl (C=O) groups excluding carboxylic acids is 1. The molecule has 0 fully saturated rings. The second-order valence-corrected chi connectivity index (χ2v) is 5.54. The van der Waals surface area contributed by atoms with Crippen molar-refractivity contribution < 1.29 is 18.0 Å². The first-order valence-electron chi connectivity index (χ1n) is 6.31. The van der Waals surface area contributed by atoms with Crippen molar-refractivity contribution in [3.8, 4) is 0 Å². The Morgan fingerprint density at radius 2 is 1.52 bits per heavy atom. The monoisotopic (exact) mass is 356 g/mol. The predicted molar refractivity (Wildman–Crippen MR) is 78.2 cm³/mol. The number of halogens is 4. The molecular formula is C16H12BrF3O. The van der Waals surface area contributed by atoms with Crippen LogP contribution in [-0.4, -0.2) is 5.78 Å². The molecule has 0 spiro atoms. The Bertz CT molecular complexity index is 615. The van der Waals surface area contributed by atoms with Gasteiger partial charge in [-0.15, -0.1) is 0 Å². The molecule has 21 heavy (non-hydrogen) atoms. The van der Waals surface area contributed by atoms with Gasteiger partial charge < -0.3 is 0 Å². The average Bonchev–Trinajstić information content (AvgIpc) is 2.45. The van der Waals surface area contributed by atoms with Gasteiger partial charge in [0.2, 0.25) is 0 Å². The van der Waals surface area contributed by atoms with Crippen LogP contribution in [0.2, 0.25) is 0 Å². The largest absolute Gasteiger partial charge is 0.416 e. The van der Waals surface area contributed by atoms with Crippen LogP contribution >= 0.6 is 15.9 Å². The molecule has 2 rings (SSSR count). The van der Waals surface area contributed by atoms with E-state index in [0.717, 1.165) is 22.2 Å². The van der Waals surface area contributed by atoms with Crippen molar-refractivity contribution in [1.29, 1.82) is 0 Å². The van der Waals surface area contributed by atoms with E-state index >= 15 is 0 Å². The Balaban J connectivity index is 1.99. The number of aryl methyl sites for hydroxylation is 1. The third-order valence-electron chi connectivity index (χ3n) is 3.09. The van der Waals surface area contributed by atoms with Gasteiger partial charge in [0.1, 0.15) is 0 Å². The Kier molecular flexibility index (Phi) is 4.83. The van der Waals surface area contributed by atoms with Gasteiger partial charge >= 0.3 is 6.18 Å². The Labute approximate surface area is 128 Å². The fourth-order valence-electron chi connectivity index (χ4n) is 1.90. The third kappa shape index (κ3) is 4.43. The molecule has 0 saturated heterocycles. The number of carbonyl (C=O) groups is 1. The summed E-state index contributed by atoms with van der Waals surface area (Å²) in [5, 5.41) is 0. The molecule has 1 nitrogen and oxygen atoms in total. The number of alkyl halides is 3. The van der Waals surface area contributed by atoms with Gasteiger partial charge in [0, 0.05) is 16.5 Å². The maximum absolute atomic E-state index is 12.4. The Morgan fingerprint density at radius 3 is 2.05 bits per heavy atom. The lowest BCUT2D eigenvalue weighted by Crippen LogP contribution is -2.06. The summed E-state index contributed by atoms with van der Waals surface area (Å²) in [5.74, 6) is -0.161. The van der Waals surface area contributed by atoms with Gasteiger partial charge in [-0.05, 0) is 36.2 Å². The third-order valence-corrected chi connectivity index (χ3v) is 3.62. The first-order valence-corrected chi connectivity index (χ1v) is 7.10. The summed E-state index contributed by atoms with van der Waals surface area (Å²) in [6.07, 6.45) is -3.54. The minimum atomic E-state index is -4.38. The fourth-order valence-corrected chi connectivity index (χ4v) is 2.16. The van der Waals surface area contributed by atoms with Gasteiger partial charge in [-0.1, -0.05) is 40.2 Å². The lowest BCUT2D eigenvalue weighted by Gasteiger charge is -2.07.